The molecule has 0 atom stereocenters. The molecule has 1 N–H and O–H groups in total. The minimum atomic E-state index is -1.28. The number of carboxylic acids is 1. The summed E-state index contributed by atoms with van der Waals surface area (Å²) in [5.41, 5.74) is 0.559. The lowest BCUT2D eigenvalue weighted by Gasteiger charge is -2.05. The molecule has 0 aliphatic rings. The van der Waals surface area contributed by atoms with Gasteiger partial charge in [-0.2, -0.15) is 0 Å². The van der Waals surface area contributed by atoms with Crippen LogP contribution in [0.1, 0.15) is 15.9 Å². The van der Waals surface area contributed by atoms with Crippen LogP contribution in [0.5, 0.6) is 0 Å². The average Bonchev–Trinajstić information content (AvgIpc) is 2.41. The number of non-ortho nitro benzene ring substituents is 1. The van der Waals surface area contributed by atoms with Crippen LogP contribution >= 0.6 is 0 Å². The lowest BCUT2D eigenvalue weighted by molar-refractivity contribution is -0.384. The number of nitro groups is 1. The van der Waals surface area contributed by atoms with Gasteiger partial charge in [-0.3, -0.25) is 10.1 Å². The molecule has 6 heteroatoms. The molecule has 0 aliphatic carbocycles. The minimum Gasteiger partial charge on any atom is -0.478 e. The Kier molecular flexibility index (Phi) is 3.47. The maximum Gasteiger partial charge on any atom is 0.335 e. The SMILES string of the molecule is Cc1ccc(-c2cc(C(=O)O)cc([N+](=O)[O-])c2)cc1F. The van der Waals surface area contributed by atoms with Gasteiger partial charge in [0, 0.05) is 12.1 Å². The fourth-order valence-corrected chi connectivity index (χ4v) is 1.78. The van der Waals surface area contributed by atoms with E-state index in [1.807, 2.05) is 0 Å². The molecule has 0 radical (unpaired) electrons. The van der Waals surface area contributed by atoms with Gasteiger partial charge in [-0.15, -0.1) is 0 Å². The van der Waals surface area contributed by atoms with E-state index in [0.29, 0.717) is 11.1 Å². The summed E-state index contributed by atoms with van der Waals surface area (Å²) in [5, 5.41) is 19.8. The molecule has 0 bridgehead atoms. The van der Waals surface area contributed by atoms with Gasteiger partial charge in [0.25, 0.3) is 5.69 Å². The average molecular weight is 275 g/mol. The highest BCUT2D eigenvalue weighted by Crippen LogP contribution is 2.27. The zero-order valence-corrected chi connectivity index (χ0v) is 10.5. The summed E-state index contributed by atoms with van der Waals surface area (Å²) in [5.74, 6) is -1.73. The Labute approximate surface area is 113 Å². The first-order valence-corrected chi connectivity index (χ1v) is 5.68. The smallest absolute Gasteiger partial charge is 0.335 e. The van der Waals surface area contributed by atoms with Gasteiger partial charge in [-0.05, 0) is 35.7 Å². The predicted octanol–water partition coefficient (Wildman–Crippen LogP) is 3.41. The molecule has 0 aromatic heterocycles. The Bertz CT molecular complexity index is 680. The largest absolute Gasteiger partial charge is 0.478 e. The predicted molar refractivity (Wildman–Crippen MR) is 70.2 cm³/mol. The highest BCUT2D eigenvalue weighted by molar-refractivity contribution is 5.90. The molecule has 0 unspecified atom stereocenters. The third-order valence-electron chi connectivity index (χ3n) is 2.88. The van der Waals surface area contributed by atoms with E-state index in [4.69, 9.17) is 5.11 Å². The highest BCUT2D eigenvalue weighted by atomic mass is 19.1. The van der Waals surface area contributed by atoms with Crippen LogP contribution in [-0.4, -0.2) is 16.0 Å². The Morgan fingerprint density at radius 2 is 1.90 bits per heavy atom. The topological polar surface area (TPSA) is 80.4 Å². The van der Waals surface area contributed by atoms with Crippen LogP contribution in [0, 0.1) is 22.9 Å². The third kappa shape index (κ3) is 2.64. The monoisotopic (exact) mass is 275 g/mol. The minimum absolute atomic E-state index is 0.213. The van der Waals surface area contributed by atoms with Gasteiger partial charge in [0.2, 0.25) is 0 Å². The number of hydrogen-bond acceptors (Lipinski definition) is 3. The van der Waals surface area contributed by atoms with Crippen LogP contribution in [0.25, 0.3) is 11.1 Å². The van der Waals surface area contributed by atoms with Crippen molar-refractivity contribution in [3.8, 4) is 11.1 Å². The molecule has 0 amide bonds. The second kappa shape index (κ2) is 5.08. The van der Waals surface area contributed by atoms with E-state index in [-0.39, 0.29) is 16.8 Å². The van der Waals surface area contributed by atoms with Gasteiger partial charge in [0.05, 0.1) is 10.5 Å². The first-order valence-electron chi connectivity index (χ1n) is 5.68. The number of benzene rings is 2. The molecule has 2 aromatic rings. The third-order valence-corrected chi connectivity index (χ3v) is 2.88. The number of aromatic carboxylic acids is 1. The van der Waals surface area contributed by atoms with E-state index in [9.17, 15) is 19.3 Å². The summed E-state index contributed by atoms with van der Waals surface area (Å²) < 4.78 is 13.5. The molecule has 0 aliphatic heterocycles. The quantitative estimate of drug-likeness (QED) is 0.687. The van der Waals surface area contributed by atoms with Crippen molar-refractivity contribution in [2.45, 2.75) is 6.92 Å². The van der Waals surface area contributed by atoms with E-state index in [1.165, 1.54) is 24.3 Å². The highest BCUT2D eigenvalue weighted by Gasteiger charge is 2.15. The van der Waals surface area contributed by atoms with Crippen LogP contribution in [-0.2, 0) is 0 Å². The van der Waals surface area contributed by atoms with Gasteiger partial charge in [0.1, 0.15) is 5.82 Å². The molecule has 20 heavy (non-hydrogen) atoms. The summed E-state index contributed by atoms with van der Waals surface area (Å²) in [6, 6.07) is 7.80. The zero-order chi connectivity index (χ0) is 14.9. The lowest BCUT2D eigenvalue weighted by Crippen LogP contribution is -1.99. The molecule has 102 valence electrons. The van der Waals surface area contributed by atoms with Gasteiger partial charge in [-0.25, -0.2) is 9.18 Å². The van der Waals surface area contributed by atoms with Gasteiger partial charge < -0.3 is 5.11 Å². The summed E-state index contributed by atoms with van der Waals surface area (Å²) in [7, 11) is 0. The summed E-state index contributed by atoms with van der Waals surface area (Å²) in [6.07, 6.45) is 0. The first kappa shape index (κ1) is 13.7. The second-order valence-corrected chi connectivity index (χ2v) is 4.29. The van der Waals surface area contributed by atoms with Gasteiger partial charge in [-0.1, -0.05) is 12.1 Å². The first-order chi connectivity index (χ1) is 9.38. The summed E-state index contributed by atoms with van der Waals surface area (Å²) in [6.45, 7) is 1.59. The Morgan fingerprint density at radius 1 is 1.20 bits per heavy atom. The molecule has 0 spiro atoms. The van der Waals surface area contributed by atoms with E-state index < -0.39 is 16.7 Å². The Balaban J connectivity index is 2.63. The molecule has 0 heterocycles. The molecular formula is C14H10FNO4. The van der Waals surface area contributed by atoms with Crippen molar-refractivity contribution in [1.29, 1.82) is 0 Å². The van der Waals surface area contributed by atoms with E-state index >= 15 is 0 Å². The number of carboxylic acid groups (broad SMARTS) is 1. The Morgan fingerprint density at radius 3 is 2.45 bits per heavy atom. The van der Waals surface area contributed by atoms with Crippen LogP contribution in [0.15, 0.2) is 36.4 Å². The number of halogens is 1. The van der Waals surface area contributed by atoms with Crippen LogP contribution in [0.3, 0.4) is 0 Å². The molecule has 0 fully saturated rings. The number of nitro benzene ring substituents is 1. The van der Waals surface area contributed by atoms with E-state index in [2.05, 4.69) is 0 Å². The van der Waals surface area contributed by atoms with Crippen LogP contribution in [0.2, 0.25) is 0 Å². The van der Waals surface area contributed by atoms with Crippen molar-refractivity contribution in [3.63, 3.8) is 0 Å². The van der Waals surface area contributed by atoms with Crippen molar-refractivity contribution in [2.75, 3.05) is 0 Å². The van der Waals surface area contributed by atoms with Crippen molar-refractivity contribution in [3.05, 3.63) is 63.5 Å². The maximum atomic E-state index is 13.5. The number of rotatable bonds is 3. The van der Waals surface area contributed by atoms with Gasteiger partial charge >= 0.3 is 5.97 Å². The Hall–Kier alpha value is -2.76. The molecule has 2 rings (SSSR count). The standard InChI is InChI=1S/C14H10FNO4/c1-8-2-3-9(7-13(8)15)10-4-11(14(17)18)6-12(5-10)16(19)20/h2-7H,1H3,(H,17,18). The van der Waals surface area contributed by atoms with Gasteiger partial charge in [0.15, 0.2) is 0 Å². The molecule has 2 aromatic carbocycles. The molecular weight excluding hydrogens is 265 g/mol. The molecule has 5 nitrogen and oxygen atoms in total. The van der Waals surface area contributed by atoms with E-state index in [0.717, 1.165) is 6.07 Å². The van der Waals surface area contributed by atoms with Crippen molar-refractivity contribution in [1.82, 2.24) is 0 Å². The molecule has 0 saturated carbocycles. The van der Waals surface area contributed by atoms with Crippen LogP contribution in [0.4, 0.5) is 10.1 Å². The van der Waals surface area contributed by atoms with Crippen molar-refractivity contribution in [2.24, 2.45) is 0 Å². The van der Waals surface area contributed by atoms with Crippen molar-refractivity contribution >= 4 is 11.7 Å². The number of nitrogens with zero attached hydrogens (tertiary/aromatic N) is 1. The lowest BCUT2D eigenvalue weighted by atomic mass is 10.0. The second-order valence-electron chi connectivity index (χ2n) is 4.29. The number of carbonyl (C=O) groups is 1. The van der Waals surface area contributed by atoms with Crippen LogP contribution < -0.4 is 0 Å². The van der Waals surface area contributed by atoms with E-state index in [1.54, 1.807) is 13.0 Å². The fraction of sp³-hybridized carbons (Fsp3) is 0.0714. The number of aryl methyl sites for hydroxylation is 1. The maximum absolute atomic E-state index is 13.5. The van der Waals surface area contributed by atoms with Crippen molar-refractivity contribution < 1.29 is 19.2 Å². The number of hydrogen-bond donors (Lipinski definition) is 1. The normalized spacial score (nSPS) is 10.3. The summed E-state index contributed by atoms with van der Waals surface area (Å²) >= 11 is 0. The summed E-state index contributed by atoms with van der Waals surface area (Å²) in [4.78, 5) is 21.1. The fourth-order valence-electron chi connectivity index (χ4n) is 1.78. The zero-order valence-electron chi connectivity index (χ0n) is 10.5. The molecule has 0 saturated heterocycles.